The van der Waals surface area contributed by atoms with Crippen molar-refractivity contribution >= 4 is 28.4 Å². The molecule has 1 atom stereocenters. The van der Waals surface area contributed by atoms with Crippen LogP contribution in [0.4, 0.5) is 0 Å². The number of aromatic nitrogens is 1. The number of carbonyl (C=O) groups excluding carboxylic acids is 2. The average molecular weight is 603 g/mol. The lowest BCUT2D eigenvalue weighted by Crippen LogP contribution is -2.37. The Morgan fingerprint density at radius 3 is 2.57 bits per heavy atom. The Balaban J connectivity index is 1.62. The van der Waals surface area contributed by atoms with Gasteiger partial charge in [0, 0.05) is 68.8 Å². The molecule has 2 heterocycles. The summed E-state index contributed by atoms with van der Waals surface area (Å²) in [6.45, 7) is 9.17. The Bertz CT molecular complexity index is 1470. The molecule has 8 heteroatoms. The standard InChI is InChI=1S/C36H50N4O4/c1-36(2,3)44-35(42)25-12-14-30-31(22-25)40-23-27(34(41)39(5)19-18-38-17-16-37-4)20-26-21-28(43-6)13-15-29(26)33(40)32(30)24-10-8-7-9-11-24/h12-15,20,22,24,28,37-38H,7-11,16-19,21,23H2,1-6H3. The average Bonchev–Trinajstić information content (AvgIpc) is 3.22. The highest BCUT2D eigenvalue weighted by molar-refractivity contribution is 6.01. The fourth-order valence-electron chi connectivity index (χ4n) is 6.82. The summed E-state index contributed by atoms with van der Waals surface area (Å²) in [4.78, 5) is 29.1. The Labute approximate surface area is 262 Å². The molecule has 1 aliphatic heterocycles. The molecule has 2 N–H and O–H groups in total. The number of hydrogen-bond acceptors (Lipinski definition) is 6. The van der Waals surface area contributed by atoms with Crippen molar-refractivity contribution in [3.8, 4) is 0 Å². The highest BCUT2D eigenvalue weighted by atomic mass is 16.6. The van der Waals surface area contributed by atoms with Crippen molar-refractivity contribution in [1.29, 1.82) is 0 Å². The number of methoxy groups -OCH3 is 1. The van der Waals surface area contributed by atoms with Gasteiger partial charge in [-0.2, -0.15) is 0 Å². The normalized spacial score (nSPS) is 19.0. The number of ether oxygens (including phenoxy) is 2. The zero-order valence-corrected chi connectivity index (χ0v) is 27.4. The number of nitrogens with one attached hydrogen (secondary N) is 2. The first-order valence-corrected chi connectivity index (χ1v) is 16.3. The van der Waals surface area contributed by atoms with E-state index in [4.69, 9.17) is 9.47 Å². The molecule has 0 spiro atoms. The summed E-state index contributed by atoms with van der Waals surface area (Å²) in [5.74, 6) is 0.120. The Kier molecular flexibility index (Phi) is 10.1. The number of nitrogens with zero attached hydrogens (tertiary/aromatic N) is 2. The van der Waals surface area contributed by atoms with Gasteiger partial charge in [0.05, 0.1) is 23.9 Å². The largest absolute Gasteiger partial charge is 0.456 e. The van der Waals surface area contributed by atoms with Crippen molar-refractivity contribution in [1.82, 2.24) is 20.1 Å². The van der Waals surface area contributed by atoms with Crippen LogP contribution in [0.1, 0.15) is 86.8 Å². The van der Waals surface area contributed by atoms with Crippen molar-refractivity contribution in [2.24, 2.45) is 0 Å². The van der Waals surface area contributed by atoms with Gasteiger partial charge in [-0.3, -0.25) is 4.79 Å². The van der Waals surface area contributed by atoms with Gasteiger partial charge in [0.2, 0.25) is 0 Å². The number of carbonyl (C=O) groups is 2. The maximum Gasteiger partial charge on any atom is 0.338 e. The minimum atomic E-state index is -0.589. The van der Waals surface area contributed by atoms with Crippen LogP contribution in [0.25, 0.3) is 16.5 Å². The number of amides is 1. The van der Waals surface area contributed by atoms with Gasteiger partial charge < -0.3 is 29.6 Å². The second-order valence-electron chi connectivity index (χ2n) is 13.4. The maximum absolute atomic E-state index is 14.0. The molecule has 2 aliphatic carbocycles. The van der Waals surface area contributed by atoms with Crippen molar-refractivity contribution in [3.05, 3.63) is 64.4 Å². The molecule has 44 heavy (non-hydrogen) atoms. The summed E-state index contributed by atoms with van der Waals surface area (Å²) in [7, 11) is 5.55. The summed E-state index contributed by atoms with van der Waals surface area (Å²) in [6, 6.07) is 6.00. The van der Waals surface area contributed by atoms with Crippen LogP contribution in [0, 0.1) is 0 Å². The summed E-state index contributed by atoms with van der Waals surface area (Å²) < 4.78 is 13.8. The molecule has 0 radical (unpaired) electrons. The highest BCUT2D eigenvalue weighted by Gasteiger charge is 2.33. The second-order valence-corrected chi connectivity index (χ2v) is 13.4. The fourth-order valence-corrected chi connectivity index (χ4v) is 6.82. The van der Waals surface area contributed by atoms with E-state index in [2.05, 4.69) is 39.5 Å². The van der Waals surface area contributed by atoms with Crippen molar-refractivity contribution in [3.63, 3.8) is 0 Å². The lowest BCUT2D eigenvalue weighted by atomic mass is 9.80. The number of rotatable bonds is 10. The number of allylic oxidation sites excluding steroid dienone is 3. The topological polar surface area (TPSA) is 84.8 Å². The molecule has 8 nitrogen and oxygen atoms in total. The number of fused-ring (bicyclic) bond motifs is 4. The first kappa shape index (κ1) is 32.2. The van der Waals surface area contributed by atoms with E-state index < -0.39 is 5.60 Å². The van der Waals surface area contributed by atoms with Crippen LogP contribution in [0.15, 0.2) is 47.6 Å². The predicted molar refractivity (Wildman–Crippen MR) is 177 cm³/mol. The summed E-state index contributed by atoms with van der Waals surface area (Å²) in [5.41, 5.74) is 6.50. The van der Waals surface area contributed by atoms with E-state index in [1.54, 1.807) is 7.11 Å². The molecule has 2 aromatic rings. The van der Waals surface area contributed by atoms with Crippen molar-refractivity contribution < 1.29 is 19.1 Å². The summed E-state index contributed by atoms with van der Waals surface area (Å²) in [6.07, 6.45) is 13.1. The van der Waals surface area contributed by atoms with Gasteiger partial charge in [-0.25, -0.2) is 4.79 Å². The van der Waals surface area contributed by atoms with E-state index >= 15 is 0 Å². The monoisotopic (exact) mass is 602 g/mol. The predicted octanol–water partition coefficient (Wildman–Crippen LogP) is 5.58. The molecule has 0 saturated heterocycles. The zero-order chi connectivity index (χ0) is 31.4. The van der Waals surface area contributed by atoms with Gasteiger partial charge in [0.15, 0.2) is 0 Å². The quantitative estimate of drug-likeness (QED) is 0.273. The van der Waals surface area contributed by atoms with E-state index in [9.17, 15) is 9.59 Å². The first-order valence-electron chi connectivity index (χ1n) is 16.3. The molecular weight excluding hydrogens is 552 g/mol. The van der Waals surface area contributed by atoms with Crippen LogP contribution in [-0.4, -0.2) is 80.4 Å². The molecule has 1 unspecified atom stereocenters. The van der Waals surface area contributed by atoms with Gasteiger partial charge >= 0.3 is 5.97 Å². The zero-order valence-electron chi connectivity index (χ0n) is 27.4. The number of likely N-dealkylation sites (N-methyl/N-ethyl adjacent to an activating group) is 2. The van der Waals surface area contributed by atoms with Gasteiger partial charge in [-0.1, -0.05) is 37.5 Å². The van der Waals surface area contributed by atoms with E-state index in [-0.39, 0.29) is 18.0 Å². The lowest BCUT2D eigenvalue weighted by Gasteiger charge is -2.25. The molecule has 1 aromatic heterocycles. The molecule has 238 valence electrons. The number of hydrogen-bond donors (Lipinski definition) is 2. The van der Waals surface area contributed by atoms with Crippen LogP contribution in [0.5, 0.6) is 0 Å². The highest BCUT2D eigenvalue weighted by Crippen LogP contribution is 2.46. The van der Waals surface area contributed by atoms with Crippen LogP contribution in [-0.2, 0) is 20.8 Å². The SMILES string of the molecule is CNCCNCCN(C)C(=O)C1=CC2=C(C=CC(OC)C2)c2c(C3CCCCC3)c3ccc(C(=O)OC(C)(C)C)cc3n2C1. The van der Waals surface area contributed by atoms with Crippen LogP contribution < -0.4 is 10.6 Å². The van der Waals surface area contributed by atoms with Gasteiger partial charge in [0.25, 0.3) is 5.91 Å². The molecule has 1 aromatic carbocycles. The van der Waals surface area contributed by atoms with Gasteiger partial charge in [0.1, 0.15) is 5.60 Å². The first-order chi connectivity index (χ1) is 21.1. The molecule has 0 bridgehead atoms. The van der Waals surface area contributed by atoms with Gasteiger partial charge in [-0.15, -0.1) is 0 Å². The maximum atomic E-state index is 14.0. The van der Waals surface area contributed by atoms with E-state index in [0.717, 1.165) is 54.7 Å². The van der Waals surface area contributed by atoms with E-state index in [1.165, 1.54) is 35.9 Å². The Hall–Kier alpha value is -3.20. The Morgan fingerprint density at radius 1 is 1.09 bits per heavy atom. The number of esters is 1. The third-order valence-corrected chi connectivity index (χ3v) is 9.03. The Morgan fingerprint density at radius 2 is 1.86 bits per heavy atom. The minimum Gasteiger partial charge on any atom is -0.456 e. The van der Waals surface area contributed by atoms with Crippen LogP contribution in [0.2, 0.25) is 0 Å². The fraction of sp³-hybridized carbons (Fsp3) is 0.556. The number of benzene rings is 1. The molecule has 1 amide bonds. The van der Waals surface area contributed by atoms with E-state index in [0.29, 0.717) is 31.0 Å². The van der Waals surface area contributed by atoms with Gasteiger partial charge in [-0.05, 0) is 75.9 Å². The molecule has 1 saturated carbocycles. The second kappa shape index (κ2) is 13.8. The smallest absolute Gasteiger partial charge is 0.338 e. The molecule has 3 aliphatic rings. The van der Waals surface area contributed by atoms with E-state index in [1.807, 2.05) is 51.9 Å². The van der Waals surface area contributed by atoms with Crippen molar-refractivity contribution in [2.45, 2.75) is 83.5 Å². The summed E-state index contributed by atoms with van der Waals surface area (Å²) >= 11 is 0. The van der Waals surface area contributed by atoms with Crippen LogP contribution in [0.3, 0.4) is 0 Å². The molecule has 1 fully saturated rings. The lowest BCUT2D eigenvalue weighted by molar-refractivity contribution is -0.126. The van der Waals surface area contributed by atoms with Crippen molar-refractivity contribution in [2.75, 3.05) is 47.4 Å². The third kappa shape index (κ3) is 7.03. The third-order valence-electron chi connectivity index (χ3n) is 9.03. The molecular formula is C36H50N4O4. The summed E-state index contributed by atoms with van der Waals surface area (Å²) in [5, 5.41) is 7.71. The molecule has 5 rings (SSSR count). The van der Waals surface area contributed by atoms with Crippen LogP contribution >= 0.6 is 0 Å². The minimum absolute atomic E-state index is 0.0213.